The predicted octanol–water partition coefficient (Wildman–Crippen LogP) is 0.0836. The van der Waals surface area contributed by atoms with Crippen LogP contribution in [0.1, 0.15) is 11.6 Å². The Bertz CT molecular complexity index is 416. The molecule has 1 atom stereocenters. The maximum absolute atomic E-state index is 12.4. The normalized spacial score (nSPS) is 18.7. The summed E-state index contributed by atoms with van der Waals surface area (Å²) in [5.41, 5.74) is 1.01. The number of hydrogen-bond donors (Lipinski definition) is 2. The van der Waals surface area contributed by atoms with Crippen LogP contribution in [0, 0.1) is 0 Å². The van der Waals surface area contributed by atoms with Gasteiger partial charge < -0.3 is 15.3 Å². The number of carbonyl (C=O) groups excluding carboxylic acids is 1. The van der Waals surface area contributed by atoms with E-state index in [1.54, 1.807) is 0 Å². The lowest BCUT2D eigenvalue weighted by Crippen LogP contribution is -2.50. The van der Waals surface area contributed by atoms with E-state index in [0.717, 1.165) is 31.7 Å². The molecule has 1 unspecified atom stereocenters. The standard InChI is InChI=1S/C15H23N3O2/c1-17-8-10-18(11-9-17)14(15(20)16-7-12-19)13-5-3-2-4-6-13/h2-6,14,19H,7-12H2,1H3,(H,16,20). The first-order valence-corrected chi connectivity index (χ1v) is 7.08. The van der Waals surface area contributed by atoms with Crippen molar-refractivity contribution in [3.05, 3.63) is 35.9 Å². The highest BCUT2D eigenvalue weighted by molar-refractivity contribution is 5.83. The number of rotatable bonds is 5. The summed E-state index contributed by atoms with van der Waals surface area (Å²) in [7, 11) is 2.10. The third-order valence-corrected chi connectivity index (χ3v) is 3.68. The van der Waals surface area contributed by atoms with E-state index in [1.165, 1.54) is 0 Å². The summed E-state index contributed by atoms with van der Waals surface area (Å²) in [6.07, 6.45) is 0. The summed E-state index contributed by atoms with van der Waals surface area (Å²) < 4.78 is 0. The summed E-state index contributed by atoms with van der Waals surface area (Å²) in [6, 6.07) is 9.57. The van der Waals surface area contributed by atoms with Gasteiger partial charge in [0.05, 0.1) is 6.61 Å². The van der Waals surface area contributed by atoms with Crippen LogP contribution >= 0.6 is 0 Å². The molecule has 1 fully saturated rings. The molecule has 5 nitrogen and oxygen atoms in total. The molecule has 110 valence electrons. The molecule has 1 aliphatic heterocycles. The van der Waals surface area contributed by atoms with Gasteiger partial charge in [-0.3, -0.25) is 9.69 Å². The number of carbonyl (C=O) groups is 1. The third-order valence-electron chi connectivity index (χ3n) is 3.68. The second-order valence-corrected chi connectivity index (χ2v) is 5.17. The molecule has 2 rings (SSSR count). The first-order valence-electron chi connectivity index (χ1n) is 7.08. The smallest absolute Gasteiger partial charge is 0.242 e. The van der Waals surface area contributed by atoms with Crippen LogP contribution in [0.15, 0.2) is 30.3 Å². The van der Waals surface area contributed by atoms with Crippen LogP contribution in [0.3, 0.4) is 0 Å². The second-order valence-electron chi connectivity index (χ2n) is 5.17. The van der Waals surface area contributed by atoms with Gasteiger partial charge >= 0.3 is 0 Å². The topological polar surface area (TPSA) is 55.8 Å². The number of aliphatic hydroxyl groups is 1. The molecule has 2 N–H and O–H groups in total. The second kappa shape index (κ2) is 7.38. The highest BCUT2D eigenvalue weighted by Crippen LogP contribution is 2.22. The summed E-state index contributed by atoms with van der Waals surface area (Å²) in [5.74, 6) is -0.0326. The minimum Gasteiger partial charge on any atom is -0.395 e. The molecule has 1 heterocycles. The van der Waals surface area contributed by atoms with E-state index in [1.807, 2.05) is 30.3 Å². The van der Waals surface area contributed by atoms with Crippen LogP contribution in [0.25, 0.3) is 0 Å². The lowest BCUT2D eigenvalue weighted by molar-refractivity contribution is -0.127. The number of likely N-dealkylation sites (N-methyl/N-ethyl adjacent to an activating group) is 1. The van der Waals surface area contributed by atoms with Gasteiger partial charge in [-0.25, -0.2) is 0 Å². The Labute approximate surface area is 120 Å². The molecule has 0 aromatic heterocycles. The molecule has 0 aliphatic carbocycles. The maximum atomic E-state index is 12.4. The van der Waals surface area contributed by atoms with E-state index in [0.29, 0.717) is 6.54 Å². The molecule has 0 spiro atoms. The first kappa shape index (κ1) is 15.0. The van der Waals surface area contributed by atoms with Gasteiger partial charge in [-0.1, -0.05) is 30.3 Å². The van der Waals surface area contributed by atoms with E-state index in [9.17, 15) is 4.79 Å². The minimum atomic E-state index is -0.267. The Morgan fingerprint density at radius 3 is 2.50 bits per heavy atom. The van der Waals surface area contributed by atoms with Crippen molar-refractivity contribution < 1.29 is 9.90 Å². The predicted molar refractivity (Wildman–Crippen MR) is 78.3 cm³/mol. The number of nitrogens with one attached hydrogen (secondary N) is 1. The van der Waals surface area contributed by atoms with Crippen molar-refractivity contribution >= 4 is 5.91 Å². The van der Waals surface area contributed by atoms with Crippen molar-refractivity contribution in [2.75, 3.05) is 46.4 Å². The van der Waals surface area contributed by atoms with Gasteiger partial charge in [-0.2, -0.15) is 0 Å². The third kappa shape index (κ3) is 3.79. The Hall–Kier alpha value is -1.43. The maximum Gasteiger partial charge on any atom is 0.242 e. The van der Waals surface area contributed by atoms with E-state index < -0.39 is 0 Å². The zero-order valence-corrected chi connectivity index (χ0v) is 12.0. The van der Waals surface area contributed by atoms with Gasteiger partial charge in [-0.05, 0) is 12.6 Å². The number of benzene rings is 1. The fourth-order valence-electron chi connectivity index (χ4n) is 2.52. The molecule has 1 aromatic rings. The van der Waals surface area contributed by atoms with Gasteiger partial charge in [0.15, 0.2) is 0 Å². The van der Waals surface area contributed by atoms with Crippen LogP contribution in [0.4, 0.5) is 0 Å². The molecule has 1 aromatic carbocycles. The molecule has 0 radical (unpaired) electrons. The molecular formula is C15H23N3O2. The molecule has 5 heteroatoms. The molecule has 1 saturated heterocycles. The number of piperazine rings is 1. The Balaban J connectivity index is 2.13. The van der Waals surface area contributed by atoms with Crippen molar-refractivity contribution in [1.82, 2.24) is 15.1 Å². The fourth-order valence-corrected chi connectivity index (χ4v) is 2.52. The fraction of sp³-hybridized carbons (Fsp3) is 0.533. The van der Waals surface area contributed by atoms with Gasteiger partial charge in [0.25, 0.3) is 0 Å². The molecule has 1 aliphatic rings. The van der Waals surface area contributed by atoms with Gasteiger partial charge in [0, 0.05) is 32.7 Å². The van der Waals surface area contributed by atoms with E-state index >= 15 is 0 Å². The Morgan fingerprint density at radius 2 is 1.90 bits per heavy atom. The molecule has 0 bridgehead atoms. The van der Waals surface area contributed by atoms with Gasteiger partial charge in [0.1, 0.15) is 6.04 Å². The minimum absolute atomic E-state index is 0.0318. The van der Waals surface area contributed by atoms with E-state index in [2.05, 4.69) is 22.2 Å². The van der Waals surface area contributed by atoms with Crippen molar-refractivity contribution in [2.24, 2.45) is 0 Å². The quantitative estimate of drug-likeness (QED) is 0.800. The summed E-state index contributed by atoms with van der Waals surface area (Å²) in [5, 5.41) is 11.7. The van der Waals surface area contributed by atoms with Crippen molar-refractivity contribution in [2.45, 2.75) is 6.04 Å². The van der Waals surface area contributed by atoms with Crippen LogP contribution in [0.5, 0.6) is 0 Å². The first-order chi connectivity index (χ1) is 9.72. The van der Waals surface area contributed by atoms with E-state index in [-0.39, 0.29) is 18.6 Å². The van der Waals surface area contributed by atoms with Crippen molar-refractivity contribution in [3.63, 3.8) is 0 Å². The lowest BCUT2D eigenvalue weighted by Gasteiger charge is -2.37. The van der Waals surface area contributed by atoms with Gasteiger partial charge in [0.2, 0.25) is 5.91 Å². The number of amides is 1. The molecule has 0 saturated carbocycles. The molecule has 20 heavy (non-hydrogen) atoms. The summed E-state index contributed by atoms with van der Waals surface area (Å²) in [6.45, 7) is 3.96. The largest absolute Gasteiger partial charge is 0.395 e. The monoisotopic (exact) mass is 277 g/mol. The summed E-state index contributed by atoms with van der Waals surface area (Å²) in [4.78, 5) is 16.9. The van der Waals surface area contributed by atoms with Crippen LogP contribution < -0.4 is 5.32 Å². The SMILES string of the molecule is CN1CCN(C(C(=O)NCCO)c2ccccc2)CC1. The van der Waals surface area contributed by atoms with Gasteiger partial charge in [-0.15, -0.1) is 0 Å². The molecular weight excluding hydrogens is 254 g/mol. The van der Waals surface area contributed by atoms with Crippen LogP contribution in [0.2, 0.25) is 0 Å². The number of aliphatic hydroxyl groups excluding tert-OH is 1. The summed E-state index contributed by atoms with van der Waals surface area (Å²) >= 11 is 0. The number of nitrogens with zero attached hydrogens (tertiary/aromatic N) is 2. The Morgan fingerprint density at radius 1 is 1.25 bits per heavy atom. The molecule has 1 amide bonds. The highest BCUT2D eigenvalue weighted by atomic mass is 16.3. The van der Waals surface area contributed by atoms with Crippen molar-refractivity contribution in [3.8, 4) is 0 Å². The highest BCUT2D eigenvalue weighted by Gasteiger charge is 2.29. The lowest BCUT2D eigenvalue weighted by atomic mass is 10.0. The zero-order chi connectivity index (χ0) is 14.4. The van der Waals surface area contributed by atoms with Crippen LogP contribution in [-0.2, 0) is 4.79 Å². The average molecular weight is 277 g/mol. The number of hydrogen-bond acceptors (Lipinski definition) is 4. The van der Waals surface area contributed by atoms with Crippen LogP contribution in [-0.4, -0.2) is 67.2 Å². The van der Waals surface area contributed by atoms with E-state index in [4.69, 9.17) is 5.11 Å². The Kier molecular flexibility index (Phi) is 5.52. The average Bonchev–Trinajstić information content (AvgIpc) is 2.48. The zero-order valence-electron chi connectivity index (χ0n) is 12.0. The van der Waals surface area contributed by atoms with Crippen molar-refractivity contribution in [1.29, 1.82) is 0 Å².